The normalized spacial score (nSPS) is 10.7. The van der Waals surface area contributed by atoms with Crippen LogP contribution < -0.4 is 0 Å². The zero-order valence-corrected chi connectivity index (χ0v) is 10.8. The van der Waals surface area contributed by atoms with Gasteiger partial charge in [-0.15, -0.1) is 0 Å². The number of aliphatic hydroxyl groups is 1. The van der Waals surface area contributed by atoms with Crippen LogP contribution in [0, 0.1) is 17.0 Å². The van der Waals surface area contributed by atoms with Gasteiger partial charge in [0.05, 0.1) is 18.5 Å². The summed E-state index contributed by atoms with van der Waals surface area (Å²) < 4.78 is 13.8. The van der Waals surface area contributed by atoms with E-state index in [9.17, 15) is 14.7 Å². The molecule has 0 aliphatic rings. The molecule has 0 aliphatic carbocycles. The Hall–Kier alpha value is -1.03. The minimum atomic E-state index is -4.38. The van der Waals surface area contributed by atoms with E-state index in [1.807, 2.05) is 0 Å². The summed E-state index contributed by atoms with van der Waals surface area (Å²) >= 11 is 4.21. The van der Waals surface area contributed by atoms with Gasteiger partial charge in [-0.05, 0) is 4.92 Å². The fourth-order valence-electron chi connectivity index (χ4n) is 0.978. The van der Waals surface area contributed by atoms with Gasteiger partial charge >= 0.3 is 13.6 Å². The first-order chi connectivity index (χ1) is 8.22. The molecule has 1 aromatic rings. The topological polar surface area (TPSA) is 148 Å². The molecule has 1 heterocycles. The summed E-state index contributed by atoms with van der Waals surface area (Å²) in [4.78, 5) is 28.8. The van der Waals surface area contributed by atoms with Crippen LogP contribution in [0.25, 0.3) is 0 Å². The number of nitro groups is 1. The Kier molecular flexibility index (Phi) is 6.99. The second kappa shape index (κ2) is 7.41. The number of aryl methyl sites for hydroxylation is 1. The first kappa shape index (κ1) is 17.0. The summed E-state index contributed by atoms with van der Waals surface area (Å²) in [6.07, 6.45) is 1.19. The third-order valence-electron chi connectivity index (χ3n) is 1.63. The molecule has 12 heteroatoms. The second-order valence-electron chi connectivity index (χ2n) is 2.86. The number of aliphatic hydroxyl groups excluding tert-OH is 1. The van der Waals surface area contributed by atoms with Crippen LogP contribution in [0.3, 0.4) is 0 Å². The molecule has 10 nitrogen and oxygen atoms in total. The summed E-state index contributed by atoms with van der Waals surface area (Å²) in [5.74, 6) is 0.456. The zero-order valence-electron chi connectivity index (χ0n) is 9.13. The Morgan fingerprint density at radius 1 is 1.67 bits per heavy atom. The van der Waals surface area contributed by atoms with Crippen molar-refractivity contribution in [2.75, 3.05) is 6.61 Å². The molecule has 0 spiro atoms. The largest absolute Gasteiger partial charge is 0.486 e. The highest BCUT2D eigenvalue weighted by Crippen LogP contribution is 2.36. The summed E-state index contributed by atoms with van der Waals surface area (Å²) in [6, 6.07) is 0. The van der Waals surface area contributed by atoms with Crippen LogP contribution in [0.15, 0.2) is 6.20 Å². The van der Waals surface area contributed by atoms with Crippen LogP contribution in [0.4, 0.5) is 5.82 Å². The lowest BCUT2D eigenvalue weighted by Crippen LogP contribution is -2.07. The van der Waals surface area contributed by atoms with Crippen molar-refractivity contribution in [1.82, 2.24) is 9.55 Å². The quantitative estimate of drug-likeness (QED) is 0.409. The van der Waals surface area contributed by atoms with Crippen molar-refractivity contribution in [3.05, 3.63) is 22.1 Å². The van der Waals surface area contributed by atoms with Crippen molar-refractivity contribution >= 4 is 25.5 Å². The number of phosphoric acid groups is 1. The number of hydrogen-bond acceptors (Lipinski definition) is 6. The molecule has 0 aromatic carbocycles. The number of rotatable bonds is 4. The maximum absolute atomic E-state index is 10.4. The van der Waals surface area contributed by atoms with Crippen LogP contribution in [-0.4, -0.2) is 36.0 Å². The summed E-state index contributed by atoms with van der Waals surface area (Å²) in [6.45, 7) is 1.74. The molecular formula is C6H11ClN3O7P. The van der Waals surface area contributed by atoms with Crippen molar-refractivity contribution < 1.29 is 28.5 Å². The third-order valence-corrected chi connectivity index (χ3v) is 2.35. The molecule has 0 bridgehead atoms. The van der Waals surface area contributed by atoms with E-state index in [1.54, 1.807) is 6.92 Å². The highest BCUT2D eigenvalue weighted by Gasteiger charge is 2.15. The molecule has 0 radical (unpaired) electrons. The van der Waals surface area contributed by atoms with Crippen LogP contribution >= 0.6 is 19.7 Å². The maximum atomic E-state index is 10.4. The van der Waals surface area contributed by atoms with Crippen molar-refractivity contribution in [2.24, 2.45) is 0 Å². The molecule has 1 aromatic heterocycles. The average Bonchev–Trinajstić information content (AvgIpc) is 2.61. The van der Waals surface area contributed by atoms with Gasteiger partial charge in [-0.3, -0.25) is 0 Å². The van der Waals surface area contributed by atoms with Gasteiger partial charge in [0.1, 0.15) is 12.7 Å². The lowest BCUT2D eigenvalue weighted by atomic mass is 10.6. The molecule has 0 saturated carbocycles. The molecular weight excluding hydrogens is 293 g/mol. The van der Waals surface area contributed by atoms with Gasteiger partial charge in [0.2, 0.25) is 0 Å². The minimum absolute atomic E-state index is 0.0819. The van der Waals surface area contributed by atoms with E-state index in [2.05, 4.69) is 20.9 Å². The van der Waals surface area contributed by atoms with Crippen molar-refractivity contribution in [1.29, 1.82) is 0 Å². The second-order valence-corrected chi connectivity index (χ2v) is 4.39. The number of aromatic nitrogens is 2. The predicted octanol–water partition coefficient (Wildman–Crippen LogP) is 0.342. The van der Waals surface area contributed by atoms with E-state index in [-0.39, 0.29) is 19.0 Å². The minimum Gasteiger partial charge on any atom is -0.392 e. The molecule has 0 aliphatic heterocycles. The van der Waals surface area contributed by atoms with Gasteiger partial charge in [-0.25, -0.2) is 14.1 Å². The summed E-state index contributed by atoms with van der Waals surface area (Å²) in [7, 11) is -4.38. The molecule has 3 N–H and O–H groups in total. The van der Waals surface area contributed by atoms with Gasteiger partial charge in [-0.1, -0.05) is 0 Å². The fourth-order valence-corrected chi connectivity index (χ4v) is 0.978. The molecule has 0 atom stereocenters. The van der Waals surface area contributed by atoms with E-state index >= 15 is 0 Å². The summed E-state index contributed by atoms with van der Waals surface area (Å²) in [5, 5.41) is 19.0. The highest BCUT2D eigenvalue weighted by atomic mass is 35.5. The van der Waals surface area contributed by atoms with Crippen molar-refractivity contribution in [3.63, 3.8) is 0 Å². The highest BCUT2D eigenvalue weighted by molar-refractivity contribution is 7.47. The van der Waals surface area contributed by atoms with Gasteiger partial charge in [0, 0.05) is 6.92 Å². The molecule has 0 unspecified atom stereocenters. The Labute approximate surface area is 106 Å². The number of hydrogen-bond donors (Lipinski definition) is 3. The van der Waals surface area contributed by atoms with Crippen LogP contribution in [0.5, 0.6) is 0 Å². The Morgan fingerprint density at radius 2 is 2.17 bits per heavy atom. The molecule has 18 heavy (non-hydrogen) atoms. The lowest BCUT2D eigenvalue weighted by Gasteiger charge is -1.98. The smallest absolute Gasteiger partial charge is 0.392 e. The van der Waals surface area contributed by atoms with Crippen molar-refractivity contribution in [3.8, 4) is 0 Å². The molecule has 0 fully saturated rings. The molecule has 104 valence electrons. The SMILES string of the molecule is Cc1ncc([N+](=O)[O-])n1CCO.O=P(O)(O)OCl. The monoisotopic (exact) mass is 303 g/mol. The predicted molar refractivity (Wildman–Crippen MR) is 59.7 cm³/mol. The van der Waals surface area contributed by atoms with Gasteiger partial charge < -0.3 is 25.0 Å². The van der Waals surface area contributed by atoms with E-state index in [4.69, 9.17) is 14.9 Å². The van der Waals surface area contributed by atoms with E-state index in [0.717, 1.165) is 0 Å². The van der Waals surface area contributed by atoms with Gasteiger partial charge in [0.25, 0.3) is 0 Å². The van der Waals surface area contributed by atoms with Crippen LogP contribution in [-0.2, 0) is 15.2 Å². The number of halogens is 1. The van der Waals surface area contributed by atoms with E-state index in [1.165, 1.54) is 10.8 Å². The number of nitrogens with zero attached hydrogens (tertiary/aromatic N) is 3. The van der Waals surface area contributed by atoms with E-state index in [0.29, 0.717) is 5.82 Å². The Morgan fingerprint density at radius 3 is 2.50 bits per heavy atom. The third kappa shape index (κ3) is 6.05. The van der Waals surface area contributed by atoms with Crippen molar-refractivity contribution in [2.45, 2.75) is 13.5 Å². The Balaban J connectivity index is 0.000000411. The van der Waals surface area contributed by atoms with Crippen LogP contribution in [0.2, 0.25) is 0 Å². The molecule has 1 rings (SSSR count). The van der Waals surface area contributed by atoms with Gasteiger partial charge in [-0.2, -0.15) is 4.08 Å². The fraction of sp³-hybridized carbons (Fsp3) is 0.500. The lowest BCUT2D eigenvalue weighted by molar-refractivity contribution is -0.392. The van der Waals surface area contributed by atoms with E-state index < -0.39 is 12.7 Å². The molecule has 0 saturated heterocycles. The summed E-state index contributed by atoms with van der Waals surface area (Å²) in [5.41, 5.74) is 0. The number of imidazole rings is 1. The average molecular weight is 304 g/mol. The van der Waals surface area contributed by atoms with Gasteiger partial charge in [0.15, 0.2) is 5.82 Å². The standard InChI is InChI=1S/C6H9N3O3.ClH2O4P/c1-5-7-4-6(9(11)12)8(5)2-3-10;1-5-6(2,3)4/h4,10H,2-3H2,1H3;(H2,2,3,4). The first-order valence-electron chi connectivity index (χ1n) is 4.36. The Bertz CT molecular complexity index is 444. The van der Waals surface area contributed by atoms with Crippen LogP contribution in [0.1, 0.15) is 5.82 Å². The first-order valence-corrected chi connectivity index (χ1v) is 6.20. The molecule has 0 amide bonds. The zero-order chi connectivity index (χ0) is 14.3. The maximum Gasteiger partial charge on any atom is 0.486 e.